The molecule has 1 aromatic heterocycles. The van der Waals surface area contributed by atoms with E-state index in [-0.39, 0.29) is 11.1 Å². The summed E-state index contributed by atoms with van der Waals surface area (Å²) >= 11 is 0. The number of rotatable bonds is 3. The summed E-state index contributed by atoms with van der Waals surface area (Å²) < 4.78 is 15.3. The molecule has 0 saturated heterocycles. The van der Waals surface area contributed by atoms with Gasteiger partial charge in [0.15, 0.2) is 0 Å². The lowest BCUT2D eigenvalue weighted by atomic mass is 10.1. The second kappa shape index (κ2) is 5.00. The summed E-state index contributed by atoms with van der Waals surface area (Å²) in [4.78, 5) is 22.2. The molecular formula is C16H11FN2O3. The predicted octanol–water partition coefficient (Wildman–Crippen LogP) is 2.57. The Morgan fingerprint density at radius 1 is 1.09 bits per heavy atom. The molecular weight excluding hydrogens is 287 g/mol. The first kappa shape index (κ1) is 13.8. The van der Waals surface area contributed by atoms with Crippen LogP contribution in [0.5, 0.6) is 0 Å². The molecule has 3 rings (SSSR count). The number of aromatic carboxylic acids is 1. The number of carboxylic acid groups (broad SMARTS) is 1. The first-order chi connectivity index (χ1) is 10.5. The van der Waals surface area contributed by atoms with Gasteiger partial charge in [-0.1, -0.05) is 0 Å². The third kappa shape index (κ3) is 2.20. The molecule has 0 bridgehead atoms. The summed E-state index contributed by atoms with van der Waals surface area (Å²) in [6, 6.07) is 10.5. The van der Waals surface area contributed by atoms with Gasteiger partial charge in [0, 0.05) is 17.3 Å². The van der Waals surface area contributed by atoms with Crippen LogP contribution in [0.25, 0.3) is 16.6 Å². The minimum absolute atomic E-state index is 0.183. The number of benzene rings is 2. The lowest BCUT2D eigenvalue weighted by molar-refractivity contribution is 0.0696. The number of hydrogen-bond donors (Lipinski definition) is 2. The molecule has 0 atom stereocenters. The number of fused-ring (bicyclic) bond motifs is 1. The van der Waals surface area contributed by atoms with Crippen molar-refractivity contribution < 1.29 is 19.1 Å². The monoisotopic (exact) mass is 298 g/mol. The molecule has 22 heavy (non-hydrogen) atoms. The topological polar surface area (TPSA) is 85.3 Å². The zero-order valence-corrected chi connectivity index (χ0v) is 11.3. The van der Waals surface area contributed by atoms with E-state index in [0.717, 1.165) is 10.9 Å². The van der Waals surface area contributed by atoms with E-state index in [9.17, 15) is 14.0 Å². The first-order valence-electron chi connectivity index (χ1n) is 6.41. The molecule has 0 fully saturated rings. The predicted molar refractivity (Wildman–Crippen MR) is 78.7 cm³/mol. The maximum Gasteiger partial charge on any atom is 0.335 e. The Labute approximate surface area is 124 Å². The summed E-state index contributed by atoms with van der Waals surface area (Å²) in [6.45, 7) is 0. The maximum absolute atomic E-state index is 13.5. The van der Waals surface area contributed by atoms with Gasteiger partial charge in [-0.05, 0) is 42.5 Å². The van der Waals surface area contributed by atoms with Crippen LogP contribution in [0.4, 0.5) is 4.39 Å². The molecule has 0 saturated carbocycles. The number of hydrogen-bond acceptors (Lipinski definition) is 2. The zero-order chi connectivity index (χ0) is 15.9. The number of carbonyl (C=O) groups excluding carboxylic acids is 1. The number of nitrogens with zero attached hydrogens (tertiary/aromatic N) is 1. The highest BCUT2D eigenvalue weighted by molar-refractivity contribution is 5.95. The summed E-state index contributed by atoms with van der Waals surface area (Å²) in [6.07, 6.45) is 1.72. The van der Waals surface area contributed by atoms with E-state index in [0.29, 0.717) is 5.69 Å². The van der Waals surface area contributed by atoms with E-state index in [2.05, 4.69) is 0 Å². The lowest BCUT2D eigenvalue weighted by Gasteiger charge is -2.08. The molecule has 3 N–H and O–H groups in total. The van der Waals surface area contributed by atoms with Crippen LogP contribution in [0.2, 0.25) is 0 Å². The van der Waals surface area contributed by atoms with Crippen LogP contribution in [0.15, 0.2) is 48.7 Å². The van der Waals surface area contributed by atoms with Crippen LogP contribution in [0, 0.1) is 5.82 Å². The second-order valence-electron chi connectivity index (χ2n) is 4.79. The first-order valence-corrected chi connectivity index (χ1v) is 6.41. The summed E-state index contributed by atoms with van der Waals surface area (Å²) in [7, 11) is 0. The quantitative estimate of drug-likeness (QED) is 0.779. The van der Waals surface area contributed by atoms with Gasteiger partial charge in [-0.2, -0.15) is 0 Å². The summed E-state index contributed by atoms with van der Waals surface area (Å²) in [5.41, 5.74) is 6.44. The largest absolute Gasteiger partial charge is 0.478 e. The van der Waals surface area contributed by atoms with Gasteiger partial charge in [0.2, 0.25) is 0 Å². The molecule has 0 radical (unpaired) electrons. The molecule has 1 amide bonds. The molecule has 0 spiro atoms. The minimum atomic E-state index is -1.01. The van der Waals surface area contributed by atoms with Gasteiger partial charge < -0.3 is 15.4 Å². The fourth-order valence-electron chi connectivity index (χ4n) is 2.35. The molecule has 0 aliphatic rings. The Hall–Kier alpha value is -3.15. The van der Waals surface area contributed by atoms with Gasteiger partial charge in [0.1, 0.15) is 5.82 Å². The SMILES string of the molecule is NC(=O)c1cc(-n2ccc3cc(C(=O)O)ccc32)ccc1F. The zero-order valence-electron chi connectivity index (χ0n) is 11.3. The number of primary amides is 1. The number of carbonyl (C=O) groups is 2. The van der Waals surface area contributed by atoms with Crippen molar-refractivity contribution in [2.45, 2.75) is 0 Å². The standard InChI is InChI=1S/C16H11FN2O3/c17-13-3-2-11(8-12(13)15(18)20)19-6-5-9-7-10(16(21)22)1-4-14(9)19/h1-8H,(H2,18,20)(H,21,22). The van der Waals surface area contributed by atoms with Crippen molar-refractivity contribution in [2.75, 3.05) is 0 Å². The Bertz CT molecular complexity index is 915. The molecule has 0 unspecified atom stereocenters. The van der Waals surface area contributed by atoms with Gasteiger partial charge in [0.25, 0.3) is 5.91 Å². The van der Waals surface area contributed by atoms with Gasteiger partial charge in [-0.25, -0.2) is 9.18 Å². The van der Waals surface area contributed by atoms with Crippen molar-refractivity contribution in [3.8, 4) is 5.69 Å². The molecule has 0 aliphatic heterocycles. The molecule has 3 aromatic rings. The highest BCUT2D eigenvalue weighted by Gasteiger charge is 2.12. The maximum atomic E-state index is 13.5. The van der Waals surface area contributed by atoms with E-state index >= 15 is 0 Å². The number of amides is 1. The van der Waals surface area contributed by atoms with E-state index in [4.69, 9.17) is 10.8 Å². The van der Waals surface area contributed by atoms with Gasteiger partial charge >= 0.3 is 5.97 Å². The van der Waals surface area contributed by atoms with E-state index in [1.807, 2.05) is 0 Å². The van der Waals surface area contributed by atoms with E-state index < -0.39 is 17.7 Å². The number of carboxylic acids is 1. The van der Waals surface area contributed by atoms with Gasteiger partial charge in [-0.3, -0.25) is 4.79 Å². The molecule has 0 aliphatic carbocycles. The Morgan fingerprint density at radius 3 is 2.55 bits per heavy atom. The van der Waals surface area contributed by atoms with Crippen LogP contribution in [-0.2, 0) is 0 Å². The van der Waals surface area contributed by atoms with Crippen molar-refractivity contribution in [2.24, 2.45) is 5.73 Å². The third-order valence-electron chi connectivity index (χ3n) is 3.43. The van der Waals surface area contributed by atoms with Crippen molar-refractivity contribution in [1.29, 1.82) is 0 Å². The fourth-order valence-corrected chi connectivity index (χ4v) is 2.35. The third-order valence-corrected chi connectivity index (χ3v) is 3.43. The van der Waals surface area contributed by atoms with Crippen molar-refractivity contribution in [3.63, 3.8) is 0 Å². The number of aromatic nitrogens is 1. The minimum Gasteiger partial charge on any atom is -0.478 e. The van der Waals surface area contributed by atoms with E-state index in [1.54, 1.807) is 29.0 Å². The molecule has 6 heteroatoms. The van der Waals surface area contributed by atoms with Crippen molar-refractivity contribution in [1.82, 2.24) is 4.57 Å². The van der Waals surface area contributed by atoms with Gasteiger partial charge in [0.05, 0.1) is 16.6 Å². The Balaban J connectivity index is 2.17. The number of nitrogens with two attached hydrogens (primary N) is 1. The van der Waals surface area contributed by atoms with E-state index in [1.165, 1.54) is 24.3 Å². The molecule has 1 heterocycles. The van der Waals surface area contributed by atoms with Crippen LogP contribution in [0.1, 0.15) is 20.7 Å². The van der Waals surface area contributed by atoms with Gasteiger partial charge in [-0.15, -0.1) is 0 Å². The van der Waals surface area contributed by atoms with Crippen LogP contribution >= 0.6 is 0 Å². The summed E-state index contributed by atoms with van der Waals surface area (Å²) in [5.74, 6) is -2.53. The second-order valence-corrected chi connectivity index (χ2v) is 4.79. The molecule has 2 aromatic carbocycles. The smallest absolute Gasteiger partial charge is 0.335 e. The lowest BCUT2D eigenvalue weighted by Crippen LogP contribution is -2.13. The number of halogens is 1. The summed E-state index contributed by atoms with van der Waals surface area (Å²) in [5, 5.41) is 9.72. The van der Waals surface area contributed by atoms with Crippen LogP contribution in [-0.4, -0.2) is 21.6 Å². The van der Waals surface area contributed by atoms with Crippen molar-refractivity contribution in [3.05, 3.63) is 65.6 Å². The molecule has 5 nitrogen and oxygen atoms in total. The highest BCUT2D eigenvalue weighted by atomic mass is 19.1. The highest BCUT2D eigenvalue weighted by Crippen LogP contribution is 2.23. The normalized spacial score (nSPS) is 10.8. The average molecular weight is 298 g/mol. The van der Waals surface area contributed by atoms with Crippen molar-refractivity contribution >= 4 is 22.8 Å². The average Bonchev–Trinajstić information content (AvgIpc) is 2.90. The fraction of sp³-hybridized carbons (Fsp3) is 0. The van der Waals surface area contributed by atoms with Crippen LogP contribution in [0.3, 0.4) is 0 Å². The molecule has 110 valence electrons. The Kier molecular flexibility index (Phi) is 3.14. The van der Waals surface area contributed by atoms with Crippen LogP contribution < -0.4 is 5.73 Å². The Morgan fingerprint density at radius 2 is 1.86 bits per heavy atom.